The van der Waals surface area contributed by atoms with Gasteiger partial charge in [0.2, 0.25) is 0 Å². The first kappa shape index (κ1) is 22.3. The Morgan fingerprint density at radius 3 is 2.33 bits per heavy atom. The second kappa shape index (κ2) is 9.80. The number of methoxy groups -OCH3 is 2. The predicted molar refractivity (Wildman–Crippen MR) is 99.8 cm³/mol. The molecule has 1 aromatic carbocycles. The molecule has 0 bridgehead atoms. The van der Waals surface area contributed by atoms with Gasteiger partial charge in [0.25, 0.3) is 5.91 Å². The van der Waals surface area contributed by atoms with Gasteiger partial charge in [-0.2, -0.15) is 0 Å². The van der Waals surface area contributed by atoms with Crippen LogP contribution >= 0.6 is 0 Å². The van der Waals surface area contributed by atoms with Crippen molar-refractivity contribution in [2.24, 2.45) is 0 Å². The van der Waals surface area contributed by atoms with Crippen LogP contribution in [0, 0.1) is 0 Å². The minimum atomic E-state index is -1.09. The van der Waals surface area contributed by atoms with E-state index in [1.807, 2.05) is 6.07 Å². The maximum atomic E-state index is 12.0. The molecule has 0 heterocycles. The molecule has 0 saturated carbocycles. The zero-order valence-electron chi connectivity index (χ0n) is 16.7. The highest BCUT2D eigenvalue weighted by atomic mass is 16.5. The highest BCUT2D eigenvalue weighted by molar-refractivity contribution is 5.97. The van der Waals surface area contributed by atoms with Crippen molar-refractivity contribution in [1.29, 1.82) is 0 Å². The number of benzene rings is 1. The quantitative estimate of drug-likeness (QED) is 0.703. The van der Waals surface area contributed by atoms with Crippen molar-refractivity contribution in [2.75, 3.05) is 14.2 Å². The van der Waals surface area contributed by atoms with Crippen molar-refractivity contribution >= 4 is 17.9 Å². The third-order valence-corrected chi connectivity index (χ3v) is 3.49. The molecule has 1 rings (SSSR count). The molecule has 0 fully saturated rings. The molecule has 0 aliphatic heterocycles. The van der Waals surface area contributed by atoms with Crippen molar-refractivity contribution in [3.8, 4) is 11.5 Å². The molecule has 8 heteroatoms. The summed E-state index contributed by atoms with van der Waals surface area (Å²) in [5.74, 6) is -0.124. The molecule has 150 valence electrons. The Balaban J connectivity index is 2.55. The van der Waals surface area contributed by atoms with Gasteiger partial charge in [0, 0.05) is 12.0 Å². The lowest BCUT2D eigenvalue weighted by Crippen LogP contribution is -2.50. The highest BCUT2D eigenvalue weighted by Gasteiger charge is 2.22. The van der Waals surface area contributed by atoms with Crippen LogP contribution in [0.25, 0.3) is 0 Å². The molecule has 27 heavy (non-hydrogen) atoms. The summed E-state index contributed by atoms with van der Waals surface area (Å²) in [5.41, 5.74) is 0.301. The fraction of sp³-hybridized carbons (Fsp3) is 0.526. The van der Waals surface area contributed by atoms with Crippen molar-refractivity contribution in [1.82, 2.24) is 10.6 Å². The Kier molecular flexibility index (Phi) is 8.08. The second-order valence-corrected chi connectivity index (χ2v) is 6.98. The summed E-state index contributed by atoms with van der Waals surface area (Å²) in [6.45, 7) is 6.76. The number of imide groups is 1. The second-order valence-electron chi connectivity index (χ2n) is 6.98. The van der Waals surface area contributed by atoms with Gasteiger partial charge in [0.05, 0.1) is 14.2 Å². The lowest BCUT2D eigenvalue weighted by Gasteiger charge is -2.21. The molecule has 0 aliphatic rings. The lowest BCUT2D eigenvalue weighted by atomic mass is 10.1. The number of hydrogen-bond acceptors (Lipinski definition) is 6. The van der Waals surface area contributed by atoms with Crippen molar-refractivity contribution in [3.05, 3.63) is 23.8 Å². The number of carbonyl (C=O) groups excluding carboxylic acids is 3. The number of amides is 3. The van der Waals surface area contributed by atoms with Gasteiger partial charge in [0.15, 0.2) is 17.6 Å². The van der Waals surface area contributed by atoms with Crippen LogP contribution in [0.15, 0.2) is 18.2 Å². The van der Waals surface area contributed by atoms with Crippen LogP contribution in [0.5, 0.6) is 11.5 Å². The number of rotatable bonds is 7. The van der Waals surface area contributed by atoms with E-state index in [4.69, 9.17) is 14.2 Å². The van der Waals surface area contributed by atoms with Crippen LogP contribution in [-0.4, -0.2) is 43.8 Å². The largest absolute Gasteiger partial charge is 0.493 e. The SMILES string of the molecule is COc1cccc(CCC(=O)O[C@@H](C)C(=O)NC(=O)NC(C)(C)C)c1OC. The molecular weight excluding hydrogens is 352 g/mol. The number of aryl methyl sites for hydroxylation is 1. The normalized spacial score (nSPS) is 11.9. The third kappa shape index (κ3) is 7.55. The Morgan fingerprint density at radius 1 is 1.11 bits per heavy atom. The monoisotopic (exact) mass is 380 g/mol. The van der Waals surface area contributed by atoms with Crippen LogP contribution in [0.3, 0.4) is 0 Å². The molecule has 0 aromatic heterocycles. The standard InChI is InChI=1S/C19H28N2O6/c1-12(17(23)20-18(24)21-19(2,3)4)27-15(22)11-10-13-8-7-9-14(25-5)16(13)26-6/h7-9,12H,10-11H2,1-6H3,(H2,20,21,23,24)/t12-/m0/s1. The number of hydrogen-bond donors (Lipinski definition) is 2. The van der Waals surface area contributed by atoms with Gasteiger partial charge in [-0.25, -0.2) is 4.79 Å². The number of urea groups is 1. The van der Waals surface area contributed by atoms with E-state index in [2.05, 4.69) is 10.6 Å². The summed E-state index contributed by atoms with van der Waals surface area (Å²) in [7, 11) is 3.06. The van der Waals surface area contributed by atoms with Crippen molar-refractivity contribution in [3.63, 3.8) is 0 Å². The summed E-state index contributed by atoms with van der Waals surface area (Å²) >= 11 is 0. The Hall–Kier alpha value is -2.77. The first-order chi connectivity index (χ1) is 12.6. The van der Waals surface area contributed by atoms with Gasteiger partial charge in [0.1, 0.15) is 0 Å². The summed E-state index contributed by atoms with van der Waals surface area (Å²) in [5, 5.41) is 4.74. The summed E-state index contributed by atoms with van der Waals surface area (Å²) < 4.78 is 15.6. The maximum absolute atomic E-state index is 12.0. The smallest absolute Gasteiger partial charge is 0.321 e. The molecular formula is C19H28N2O6. The lowest BCUT2D eigenvalue weighted by molar-refractivity contribution is -0.154. The number of esters is 1. The number of para-hydroxylation sites is 1. The Bertz CT molecular complexity index is 681. The van der Waals surface area contributed by atoms with Crippen LogP contribution in [0.4, 0.5) is 4.79 Å². The van der Waals surface area contributed by atoms with Gasteiger partial charge in [-0.15, -0.1) is 0 Å². The first-order valence-corrected chi connectivity index (χ1v) is 8.59. The van der Waals surface area contributed by atoms with Gasteiger partial charge >= 0.3 is 12.0 Å². The van der Waals surface area contributed by atoms with E-state index in [1.54, 1.807) is 32.9 Å². The molecule has 1 atom stereocenters. The average Bonchev–Trinajstić information content (AvgIpc) is 2.57. The maximum Gasteiger partial charge on any atom is 0.321 e. The van der Waals surface area contributed by atoms with E-state index in [0.717, 1.165) is 5.56 Å². The van der Waals surface area contributed by atoms with Gasteiger partial charge < -0.3 is 19.5 Å². The zero-order valence-corrected chi connectivity index (χ0v) is 16.7. The van der Waals surface area contributed by atoms with E-state index < -0.39 is 29.6 Å². The Morgan fingerprint density at radius 2 is 1.78 bits per heavy atom. The van der Waals surface area contributed by atoms with Crippen molar-refractivity contribution in [2.45, 2.75) is 52.2 Å². The molecule has 0 unspecified atom stereocenters. The van der Waals surface area contributed by atoms with Crippen LogP contribution in [0.2, 0.25) is 0 Å². The zero-order chi connectivity index (χ0) is 20.6. The third-order valence-electron chi connectivity index (χ3n) is 3.49. The molecule has 0 aliphatic carbocycles. The number of ether oxygens (including phenoxy) is 3. The minimum absolute atomic E-state index is 0.0509. The van der Waals surface area contributed by atoms with Gasteiger partial charge in [-0.3, -0.25) is 14.9 Å². The first-order valence-electron chi connectivity index (χ1n) is 8.59. The molecule has 3 amide bonds. The average molecular weight is 380 g/mol. The highest BCUT2D eigenvalue weighted by Crippen LogP contribution is 2.31. The molecule has 8 nitrogen and oxygen atoms in total. The predicted octanol–water partition coefficient (Wildman–Crippen LogP) is 2.19. The fourth-order valence-corrected chi connectivity index (χ4v) is 2.28. The van der Waals surface area contributed by atoms with Crippen LogP contribution < -0.4 is 20.1 Å². The fourth-order valence-electron chi connectivity index (χ4n) is 2.28. The number of carbonyl (C=O) groups is 3. The minimum Gasteiger partial charge on any atom is -0.493 e. The Labute approximate surface area is 159 Å². The van der Waals surface area contributed by atoms with Crippen LogP contribution in [-0.2, 0) is 20.7 Å². The summed E-state index contributed by atoms with van der Waals surface area (Å²) in [4.78, 5) is 35.7. The topological polar surface area (TPSA) is 103 Å². The summed E-state index contributed by atoms with van der Waals surface area (Å²) in [6.07, 6.45) is -0.677. The van der Waals surface area contributed by atoms with Crippen LogP contribution in [0.1, 0.15) is 39.7 Å². The molecule has 1 aromatic rings. The van der Waals surface area contributed by atoms with E-state index in [0.29, 0.717) is 17.9 Å². The van der Waals surface area contributed by atoms with E-state index in [1.165, 1.54) is 21.1 Å². The molecule has 0 spiro atoms. The summed E-state index contributed by atoms with van der Waals surface area (Å²) in [6, 6.07) is 4.74. The molecule has 0 radical (unpaired) electrons. The van der Waals surface area contributed by atoms with Gasteiger partial charge in [-0.1, -0.05) is 12.1 Å². The van der Waals surface area contributed by atoms with E-state index in [-0.39, 0.29) is 6.42 Å². The number of nitrogens with one attached hydrogen (secondary N) is 2. The van der Waals surface area contributed by atoms with E-state index >= 15 is 0 Å². The van der Waals surface area contributed by atoms with Crippen molar-refractivity contribution < 1.29 is 28.6 Å². The molecule has 0 saturated heterocycles. The van der Waals surface area contributed by atoms with Gasteiger partial charge in [-0.05, 0) is 45.7 Å². The van der Waals surface area contributed by atoms with E-state index in [9.17, 15) is 14.4 Å². The molecule has 2 N–H and O–H groups in total.